The van der Waals surface area contributed by atoms with Crippen LogP contribution in [0.3, 0.4) is 0 Å². The Morgan fingerprint density at radius 1 is 1.20 bits per heavy atom. The molecule has 0 amide bonds. The van der Waals surface area contributed by atoms with Gasteiger partial charge in [0.15, 0.2) is 18.7 Å². The molecule has 0 N–H and O–H groups in total. The smallest absolute Gasteiger partial charge is 0.339 e. The molecule has 2 nitrogen and oxygen atoms in total. The van der Waals surface area contributed by atoms with Crippen molar-refractivity contribution >= 4 is 5.90 Å². The maximum absolute atomic E-state index is 5.87. The van der Waals surface area contributed by atoms with Gasteiger partial charge in [0.2, 0.25) is 0 Å². The van der Waals surface area contributed by atoms with Crippen molar-refractivity contribution in [1.82, 2.24) is 0 Å². The van der Waals surface area contributed by atoms with Crippen molar-refractivity contribution in [2.75, 3.05) is 6.61 Å². The molecule has 1 atom stereocenters. The molecular weight excluding hydrogens is 186 g/mol. The van der Waals surface area contributed by atoms with Crippen LogP contribution in [-0.4, -0.2) is 29.2 Å². The van der Waals surface area contributed by atoms with Crippen LogP contribution in [-0.2, 0) is 4.74 Å². The lowest BCUT2D eigenvalue weighted by Gasteiger charge is -2.24. The molecule has 0 aromatic rings. The molecule has 0 bridgehead atoms. The van der Waals surface area contributed by atoms with Crippen LogP contribution < -0.4 is 0 Å². The highest BCUT2D eigenvalue weighted by Crippen LogP contribution is 2.28. The number of hydrogen-bond donors (Lipinski definition) is 0. The van der Waals surface area contributed by atoms with Crippen LogP contribution in [0.2, 0.25) is 0 Å². The van der Waals surface area contributed by atoms with E-state index in [0.29, 0.717) is 18.0 Å². The molecule has 2 heteroatoms. The summed E-state index contributed by atoms with van der Waals surface area (Å²) in [6.45, 7) is 16.6. The maximum Gasteiger partial charge on any atom is 0.339 e. The van der Waals surface area contributed by atoms with Crippen LogP contribution in [0.1, 0.15) is 48.5 Å². The molecule has 0 radical (unpaired) electrons. The largest absolute Gasteiger partial charge is 0.441 e. The Morgan fingerprint density at radius 2 is 1.73 bits per heavy atom. The minimum Gasteiger partial charge on any atom is -0.441 e. The average molecular weight is 212 g/mol. The van der Waals surface area contributed by atoms with E-state index in [0.717, 1.165) is 6.61 Å². The quantitative estimate of drug-likeness (QED) is 0.641. The number of rotatable bonds is 2. The van der Waals surface area contributed by atoms with Crippen LogP contribution in [0.5, 0.6) is 0 Å². The van der Waals surface area contributed by atoms with Crippen molar-refractivity contribution < 1.29 is 9.31 Å². The Hall–Kier alpha value is -0.530. The Bertz CT molecular complexity index is 258. The lowest BCUT2D eigenvalue weighted by molar-refractivity contribution is -0.600. The predicted molar refractivity (Wildman–Crippen MR) is 64.4 cm³/mol. The van der Waals surface area contributed by atoms with E-state index < -0.39 is 0 Å². The van der Waals surface area contributed by atoms with Gasteiger partial charge in [0.05, 0.1) is 5.92 Å². The lowest BCUT2D eigenvalue weighted by atomic mass is 9.86. The summed E-state index contributed by atoms with van der Waals surface area (Å²) in [5.74, 6) is 1.66. The van der Waals surface area contributed by atoms with Crippen molar-refractivity contribution in [3.63, 3.8) is 0 Å². The molecule has 0 spiro atoms. The first-order valence-corrected chi connectivity index (χ1v) is 6.03. The zero-order valence-corrected chi connectivity index (χ0v) is 11.3. The fourth-order valence-corrected chi connectivity index (χ4v) is 2.22. The Balaban J connectivity index is 3.06. The second kappa shape index (κ2) is 4.15. The van der Waals surface area contributed by atoms with Crippen molar-refractivity contribution in [2.24, 2.45) is 11.3 Å². The average Bonchev–Trinajstić information content (AvgIpc) is 2.45. The van der Waals surface area contributed by atoms with Crippen molar-refractivity contribution in [3.05, 3.63) is 0 Å². The highest BCUT2D eigenvalue weighted by atomic mass is 16.5. The normalized spacial score (nSPS) is 22.9. The van der Waals surface area contributed by atoms with Crippen molar-refractivity contribution in [3.8, 4) is 0 Å². The van der Waals surface area contributed by atoms with Gasteiger partial charge in [0.1, 0.15) is 0 Å². The molecule has 1 rings (SSSR count). The molecule has 1 aliphatic heterocycles. The van der Waals surface area contributed by atoms with Gasteiger partial charge in [-0.2, -0.15) is 4.58 Å². The molecule has 1 heterocycles. The Labute approximate surface area is 94.3 Å². The minimum atomic E-state index is 0.279. The molecule has 0 saturated carbocycles. The molecule has 0 unspecified atom stereocenters. The van der Waals surface area contributed by atoms with E-state index in [9.17, 15) is 0 Å². The summed E-state index contributed by atoms with van der Waals surface area (Å²) < 4.78 is 8.33. The fraction of sp³-hybridized carbons (Fsp3) is 0.923. The molecule has 0 fully saturated rings. The van der Waals surface area contributed by atoms with Crippen LogP contribution in [0, 0.1) is 11.3 Å². The second-order valence-corrected chi connectivity index (χ2v) is 6.19. The molecule has 0 aromatic carbocycles. The van der Waals surface area contributed by atoms with E-state index in [1.54, 1.807) is 0 Å². The van der Waals surface area contributed by atoms with Gasteiger partial charge in [-0.15, -0.1) is 0 Å². The Kier molecular flexibility index (Phi) is 3.47. The van der Waals surface area contributed by atoms with Crippen LogP contribution >= 0.6 is 0 Å². The monoisotopic (exact) mass is 212 g/mol. The fourth-order valence-electron chi connectivity index (χ4n) is 2.22. The maximum atomic E-state index is 5.87. The van der Waals surface area contributed by atoms with Crippen molar-refractivity contribution in [2.45, 2.75) is 60.5 Å². The van der Waals surface area contributed by atoms with Crippen LogP contribution in [0.25, 0.3) is 0 Å². The first-order chi connectivity index (χ1) is 6.75. The van der Waals surface area contributed by atoms with E-state index in [1.807, 2.05) is 0 Å². The molecule has 15 heavy (non-hydrogen) atoms. The SMILES string of the molecule is CC(C)C1=[N+](C(C)C)[C@@H](C(C)(C)C)CO1. The summed E-state index contributed by atoms with van der Waals surface area (Å²) >= 11 is 0. The summed E-state index contributed by atoms with van der Waals surface area (Å²) in [5, 5.41) is 0. The minimum absolute atomic E-state index is 0.279. The summed E-state index contributed by atoms with van der Waals surface area (Å²) in [6, 6.07) is 1.03. The van der Waals surface area contributed by atoms with Gasteiger partial charge < -0.3 is 4.74 Å². The number of nitrogens with zero attached hydrogens (tertiary/aromatic N) is 1. The van der Waals surface area contributed by atoms with Gasteiger partial charge in [-0.25, -0.2) is 0 Å². The topological polar surface area (TPSA) is 12.2 Å². The zero-order valence-electron chi connectivity index (χ0n) is 11.3. The third-order valence-electron chi connectivity index (χ3n) is 3.03. The van der Waals surface area contributed by atoms with E-state index in [-0.39, 0.29) is 5.41 Å². The lowest BCUT2D eigenvalue weighted by Crippen LogP contribution is -2.41. The summed E-state index contributed by atoms with van der Waals surface area (Å²) in [5.41, 5.74) is 0.279. The highest BCUT2D eigenvalue weighted by Gasteiger charge is 2.44. The standard InChI is InChI=1S/C13H26NO/c1-9(2)12-14(10(3)4)11(8-15-12)13(5,6)7/h9-11H,8H2,1-7H3/q+1/t11-/m1/s1. The molecule has 0 aromatic heterocycles. The van der Waals surface area contributed by atoms with Crippen LogP contribution in [0.15, 0.2) is 0 Å². The Morgan fingerprint density at radius 3 is 2.07 bits per heavy atom. The van der Waals surface area contributed by atoms with E-state index in [2.05, 4.69) is 53.0 Å². The van der Waals surface area contributed by atoms with Gasteiger partial charge in [-0.05, 0) is 27.7 Å². The van der Waals surface area contributed by atoms with Gasteiger partial charge in [0.25, 0.3) is 0 Å². The zero-order chi connectivity index (χ0) is 11.8. The van der Waals surface area contributed by atoms with E-state index in [1.165, 1.54) is 5.90 Å². The van der Waals surface area contributed by atoms with Crippen molar-refractivity contribution in [1.29, 1.82) is 0 Å². The third kappa shape index (κ3) is 2.53. The second-order valence-electron chi connectivity index (χ2n) is 6.19. The molecule has 0 aliphatic carbocycles. The summed E-state index contributed by atoms with van der Waals surface area (Å²) in [4.78, 5) is 0. The van der Waals surface area contributed by atoms with Gasteiger partial charge >= 0.3 is 5.90 Å². The van der Waals surface area contributed by atoms with Crippen LogP contribution in [0.4, 0.5) is 0 Å². The third-order valence-corrected chi connectivity index (χ3v) is 3.03. The van der Waals surface area contributed by atoms with E-state index in [4.69, 9.17) is 4.74 Å². The number of ether oxygens (including phenoxy) is 1. The first kappa shape index (κ1) is 12.5. The number of hydrogen-bond acceptors (Lipinski definition) is 1. The highest BCUT2D eigenvalue weighted by molar-refractivity contribution is 5.74. The van der Waals surface area contributed by atoms with Gasteiger partial charge in [0, 0.05) is 5.41 Å². The van der Waals surface area contributed by atoms with E-state index >= 15 is 0 Å². The first-order valence-electron chi connectivity index (χ1n) is 6.03. The van der Waals surface area contributed by atoms with Gasteiger partial charge in [-0.1, -0.05) is 20.8 Å². The molecule has 88 valence electrons. The molecular formula is C13H26NO+. The van der Waals surface area contributed by atoms with Gasteiger partial charge in [-0.3, -0.25) is 0 Å². The predicted octanol–water partition coefficient (Wildman–Crippen LogP) is 2.91. The molecule has 1 aliphatic rings. The summed E-state index contributed by atoms with van der Waals surface area (Å²) in [6.07, 6.45) is 0. The molecule has 0 saturated heterocycles. The summed E-state index contributed by atoms with van der Waals surface area (Å²) in [7, 11) is 0.